The molecule has 0 saturated heterocycles. The number of aliphatic hydroxyl groups is 1. The number of hydrogen-bond donors (Lipinski definition) is 3. The van der Waals surface area contributed by atoms with Gasteiger partial charge in [0.2, 0.25) is 11.8 Å². The first-order valence-corrected chi connectivity index (χ1v) is 6.75. The van der Waals surface area contributed by atoms with Gasteiger partial charge in [-0.3, -0.25) is 9.59 Å². The van der Waals surface area contributed by atoms with Crippen molar-refractivity contribution >= 4 is 11.8 Å². The predicted octanol–water partition coefficient (Wildman–Crippen LogP) is 0.754. The van der Waals surface area contributed by atoms with E-state index in [1.165, 1.54) is 0 Å². The van der Waals surface area contributed by atoms with E-state index in [1.807, 2.05) is 30.3 Å². The maximum atomic E-state index is 11.6. The fourth-order valence-electron chi connectivity index (χ4n) is 1.89. The summed E-state index contributed by atoms with van der Waals surface area (Å²) in [5.74, 6) is 1.45. The number of amides is 2. The van der Waals surface area contributed by atoms with Gasteiger partial charge >= 0.3 is 0 Å². The lowest BCUT2D eigenvalue weighted by Crippen LogP contribution is -2.37. The number of carbonyl (C=O) groups excluding carboxylic acids is 2. The first-order chi connectivity index (χ1) is 10.0. The van der Waals surface area contributed by atoms with Crippen LogP contribution >= 0.6 is 0 Å². The summed E-state index contributed by atoms with van der Waals surface area (Å²) in [6, 6.07) is 8.97. The molecule has 2 atom stereocenters. The lowest BCUT2D eigenvalue weighted by molar-refractivity contribution is -0.129. The van der Waals surface area contributed by atoms with Crippen LogP contribution in [0, 0.1) is 12.3 Å². The standard InChI is InChI=1S/C16H20N2O3/c1-3-9-17-15(20)11-16(21)18-12(2)10-14(19)13-7-5-4-6-8-13/h1,4-8,12,14,19H,9-11H2,2H3,(H,17,20)(H,18,21). The second-order valence-corrected chi connectivity index (χ2v) is 4.79. The third-order valence-electron chi connectivity index (χ3n) is 2.88. The Morgan fingerprint density at radius 2 is 1.95 bits per heavy atom. The summed E-state index contributed by atoms with van der Waals surface area (Å²) in [4.78, 5) is 23.0. The minimum absolute atomic E-state index is 0.106. The zero-order valence-corrected chi connectivity index (χ0v) is 12.0. The molecule has 0 aromatic heterocycles. The van der Waals surface area contributed by atoms with Crippen molar-refractivity contribution in [2.75, 3.05) is 6.54 Å². The topological polar surface area (TPSA) is 78.4 Å². The Bertz CT molecular complexity index is 508. The molecular weight excluding hydrogens is 268 g/mol. The van der Waals surface area contributed by atoms with E-state index >= 15 is 0 Å². The molecule has 5 heteroatoms. The van der Waals surface area contributed by atoms with Gasteiger partial charge in [0.1, 0.15) is 6.42 Å². The maximum Gasteiger partial charge on any atom is 0.230 e. The largest absolute Gasteiger partial charge is 0.388 e. The van der Waals surface area contributed by atoms with Crippen molar-refractivity contribution in [1.82, 2.24) is 10.6 Å². The van der Waals surface area contributed by atoms with Crippen LogP contribution in [0.1, 0.15) is 31.4 Å². The molecule has 1 aromatic carbocycles. The van der Waals surface area contributed by atoms with E-state index in [0.29, 0.717) is 6.42 Å². The lowest BCUT2D eigenvalue weighted by Gasteiger charge is -2.18. The van der Waals surface area contributed by atoms with Gasteiger partial charge in [-0.05, 0) is 18.9 Å². The van der Waals surface area contributed by atoms with E-state index < -0.39 is 17.9 Å². The molecule has 0 radical (unpaired) electrons. The first kappa shape index (κ1) is 16.7. The van der Waals surface area contributed by atoms with Crippen molar-refractivity contribution in [2.24, 2.45) is 0 Å². The van der Waals surface area contributed by atoms with E-state index in [4.69, 9.17) is 6.42 Å². The van der Waals surface area contributed by atoms with Gasteiger partial charge in [-0.25, -0.2) is 0 Å². The number of terminal acetylenes is 1. The van der Waals surface area contributed by atoms with Crippen molar-refractivity contribution in [1.29, 1.82) is 0 Å². The summed E-state index contributed by atoms with van der Waals surface area (Å²) in [6.07, 6.45) is 4.46. The average Bonchev–Trinajstić information content (AvgIpc) is 2.45. The van der Waals surface area contributed by atoms with Crippen LogP contribution < -0.4 is 10.6 Å². The molecule has 1 rings (SSSR count). The van der Waals surface area contributed by atoms with Crippen LogP contribution in [-0.2, 0) is 9.59 Å². The van der Waals surface area contributed by atoms with E-state index in [1.54, 1.807) is 6.92 Å². The third kappa shape index (κ3) is 6.59. The molecule has 0 heterocycles. The first-order valence-electron chi connectivity index (χ1n) is 6.75. The van der Waals surface area contributed by atoms with Crippen molar-refractivity contribution in [3.63, 3.8) is 0 Å². The van der Waals surface area contributed by atoms with Gasteiger partial charge in [0, 0.05) is 6.04 Å². The molecule has 0 aliphatic heterocycles. The lowest BCUT2D eigenvalue weighted by atomic mass is 10.0. The van der Waals surface area contributed by atoms with Crippen LogP contribution in [0.15, 0.2) is 30.3 Å². The second-order valence-electron chi connectivity index (χ2n) is 4.79. The summed E-state index contributed by atoms with van der Waals surface area (Å²) in [5.41, 5.74) is 0.797. The molecule has 0 aliphatic rings. The highest BCUT2D eigenvalue weighted by Gasteiger charge is 2.15. The van der Waals surface area contributed by atoms with Crippen LogP contribution in [0.4, 0.5) is 0 Å². The van der Waals surface area contributed by atoms with Gasteiger partial charge in [0.25, 0.3) is 0 Å². The zero-order chi connectivity index (χ0) is 15.7. The minimum atomic E-state index is -0.656. The molecule has 5 nitrogen and oxygen atoms in total. The van der Waals surface area contributed by atoms with Crippen LogP contribution in [0.3, 0.4) is 0 Å². The van der Waals surface area contributed by atoms with Gasteiger partial charge in [0.05, 0.1) is 12.6 Å². The van der Waals surface area contributed by atoms with Gasteiger partial charge in [0.15, 0.2) is 0 Å². The zero-order valence-electron chi connectivity index (χ0n) is 12.0. The normalized spacial score (nSPS) is 12.8. The molecule has 1 aromatic rings. The minimum Gasteiger partial charge on any atom is -0.388 e. The Morgan fingerprint density at radius 1 is 1.29 bits per heavy atom. The van der Waals surface area contributed by atoms with Crippen LogP contribution in [0.5, 0.6) is 0 Å². The van der Waals surface area contributed by atoms with E-state index in [-0.39, 0.29) is 19.0 Å². The summed E-state index contributed by atoms with van der Waals surface area (Å²) < 4.78 is 0. The fraction of sp³-hybridized carbons (Fsp3) is 0.375. The molecule has 112 valence electrons. The van der Waals surface area contributed by atoms with Gasteiger partial charge < -0.3 is 15.7 Å². The monoisotopic (exact) mass is 288 g/mol. The third-order valence-corrected chi connectivity index (χ3v) is 2.88. The predicted molar refractivity (Wildman–Crippen MR) is 80.1 cm³/mol. The highest BCUT2D eigenvalue weighted by molar-refractivity contribution is 5.97. The number of rotatable bonds is 7. The summed E-state index contributed by atoms with van der Waals surface area (Å²) in [6.45, 7) is 1.89. The number of carbonyl (C=O) groups is 2. The van der Waals surface area contributed by atoms with E-state index in [0.717, 1.165) is 5.56 Å². The van der Waals surface area contributed by atoms with Crippen LogP contribution in [0.25, 0.3) is 0 Å². The fourth-order valence-corrected chi connectivity index (χ4v) is 1.89. The number of nitrogens with one attached hydrogen (secondary N) is 2. The Kier molecular flexibility index (Phi) is 6.99. The molecule has 0 aliphatic carbocycles. The molecule has 2 unspecified atom stereocenters. The van der Waals surface area contributed by atoms with Crippen molar-refractivity contribution in [3.8, 4) is 12.3 Å². The second kappa shape index (κ2) is 8.77. The summed E-state index contributed by atoms with van der Waals surface area (Å²) >= 11 is 0. The molecular formula is C16H20N2O3. The number of benzene rings is 1. The van der Waals surface area contributed by atoms with E-state index in [2.05, 4.69) is 16.6 Å². The highest BCUT2D eigenvalue weighted by atomic mass is 16.3. The molecule has 0 spiro atoms. The Balaban J connectivity index is 2.36. The average molecular weight is 288 g/mol. The quantitative estimate of drug-likeness (QED) is 0.512. The summed E-state index contributed by atoms with van der Waals surface area (Å²) in [7, 11) is 0. The molecule has 0 saturated carbocycles. The number of hydrogen-bond acceptors (Lipinski definition) is 3. The summed E-state index contributed by atoms with van der Waals surface area (Å²) in [5, 5.41) is 15.1. The van der Waals surface area contributed by atoms with Crippen molar-refractivity contribution in [3.05, 3.63) is 35.9 Å². The van der Waals surface area contributed by atoms with Crippen LogP contribution in [0.2, 0.25) is 0 Å². The molecule has 0 fully saturated rings. The van der Waals surface area contributed by atoms with Gasteiger partial charge in [-0.15, -0.1) is 6.42 Å². The SMILES string of the molecule is C#CCNC(=O)CC(=O)NC(C)CC(O)c1ccccc1. The molecule has 2 amide bonds. The smallest absolute Gasteiger partial charge is 0.230 e. The number of aliphatic hydroxyl groups excluding tert-OH is 1. The Labute approximate surface area is 124 Å². The van der Waals surface area contributed by atoms with E-state index in [9.17, 15) is 14.7 Å². The van der Waals surface area contributed by atoms with Crippen molar-refractivity contribution < 1.29 is 14.7 Å². The molecule has 21 heavy (non-hydrogen) atoms. The highest BCUT2D eigenvalue weighted by Crippen LogP contribution is 2.17. The van der Waals surface area contributed by atoms with Gasteiger partial charge in [-0.2, -0.15) is 0 Å². The van der Waals surface area contributed by atoms with Gasteiger partial charge in [-0.1, -0.05) is 36.3 Å². The molecule has 0 bridgehead atoms. The Morgan fingerprint density at radius 3 is 2.57 bits per heavy atom. The maximum absolute atomic E-state index is 11.6. The van der Waals surface area contributed by atoms with Crippen molar-refractivity contribution in [2.45, 2.75) is 31.9 Å². The van der Waals surface area contributed by atoms with Crippen LogP contribution in [-0.4, -0.2) is 29.5 Å². The Hall–Kier alpha value is -2.32. The molecule has 3 N–H and O–H groups in total.